The molecule has 0 fully saturated rings. The van der Waals surface area contributed by atoms with Crippen molar-refractivity contribution in [3.05, 3.63) is 29.3 Å². The Morgan fingerprint density at radius 1 is 1.38 bits per heavy atom. The smallest absolute Gasteiger partial charge is 0.305 e. The Morgan fingerprint density at radius 3 is 2.76 bits per heavy atom. The van der Waals surface area contributed by atoms with Gasteiger partial charge in [0, 0.05) is 30.8 Å². The van der Waals surface area contributed by atoms with Crippen molar-refractivity contribution in [1.82, 2.24) is 5.32 Å². The van der Waals surface area contributed by atoms with Crippen LogP contribution < -0.4 is 10.2 Å². The number of carbonyl (C=O) groups is 3. The number of fused-ring (bicyclic) bond motifs is 1. The number of carboxylic acid groups (broad SMARTS) is 1. The van der Waals surface area contributed by atoms with Gasteiger partial charge < -0.3 is 15.3 Å². The first kappa shape index (κ1) is 15.0. The second-order valence-corrected chi connectivity index (χ2v) is 5.27. The van der Waals surface area contributed by atoms with Crippen LogP contribution in [0.15, 0.2) is 18.2 Å². The van der Waals surface area contributed by atoms with E-state index in [-0.39, 0.29) is 18.2 Å². The maximum Gasteiger partial charge on any atom is 0.305 e. The van der Waals surface area contributed by atoms with Crippen molar-refractivity contribution in [2.24, 2.45) is 0 Å². The largest absolute Gasteiger partial charge is 0.481 e. The van der Waals surface area contributed by atoms with Crippen LogP contribution in [0, 0.1) is 0 Å². The predicted molar refractivity (Wildman–Crippen MR) is 77.4 cm³/mol. The highest BCUT2D eigenvalue weighted by Crippen LogP contribution is 2.27. The quantitative estimate of drug-likeness (QED) is 0.872. The summed E-state index contributed by atoms with van der Waals surface area (Å²) < 4.78 is 0. The van der Waals surface area contributed by atoms with E-state index in [1.54, 1.807) is 37.1 Å². The molecule has 2 rings (SSSR count). The van der Waals surface area contributed by atoms with E-state index < -0.39 is 12.0 Å². The number of aliphatic carboxylic acids is 1. The van der Waals surface area contributed by atoms with Gasteiger partial charge >= 0.3 is 5.97 Å². The van der Waals surface area contributed by atoms with Crippen molar-refractivity contribution in [1.29, 1.82) is 0 Å². The summed E-state index contributed by atoms with van der Waals surface area (Å²) in [5.41, 5.74) is 2.26. The van der Waals surface area contributed by atoms with E-state index in [2.05, 4.69) is 5.32 Å². The first-order valence-electron chi connectivity index (χ1n) is 6.80. The molecule has 0 radical (unpaired) electrons. The van der Waals surface area contributed by atoms with Crippen molar-refractivity contribution in [2.45, 2.75) is 32.2 Å². The highest BCUT2D eigenvalue weighted by atomic mass is 16.4. The molecule has 1 heterocycles. The van der Waals surface area contributed by atoms with Crippen LogP contribution >= 0.6 is 0 Å². The molecule has 6 nitrogen and oxygen atoms in total. The predicted octanol–water partition coefficient (Wildman–Crippen LogP) is 1.19. The third-order valence-corrected chi connectivity index (χ3v) is 3.54. The molecule has 0 aliphatic carbocycles. The number of carbonyl (C=O) groups excluding carboxylic acids is 2. The molecule has 1 aliphatic rings. The van der Waals surface area contributed by atoms with Gasteiger partial charge in [-0.2, -0.15) is 0 Å². The zero-order valence-electron chi connectivity index (χ0n) is 12.0. The van der Waals surface area contributed by atoms with E-state index in [9.17, 15) is 14.4 Å². The minimum absolute atomic E-state index is 0.0646. The number of anilines is 1. The highest BCUT2D eigenvalue weighted by Gasteiger charge is 2.22. The molecule has 0 saturated heterocycles. The SMILES string of the molecule is CC(CC(=O)O)NC(=O)c1ccc2c(c1)CCC(=O)N2C. The molecule has 0 saturated carbocycles. The number of nitrogens with zero attached hydrogens (tertiary/aromatic N) is 1. The van der Waals surface area contributed by atoms with E-state index in [0.29, 0.717) is 18.4 Å². The summed E-state index contributed by atoms with van der Waals surface area (Å²) in [6, 6.07) is 4.73. The van der Waals surface area contributed by atoms with Crippen LogP contribution in [0.4, 0.5) is 5.69 Å². The van der Waals surface area contributed by atoms with E-state index in [4.69, 9.17) is 5.11 Å². The highest BCUT2D eigenvalue weighted by molar-refractivity contribution is 5.99. The molecule has 0 aromatic heterocycles. The third-order valence-electron chi connectivity index (χ3n) is 3.54. The zero-order valence-corrected chi connectivity index (χ0v) is 12.0. The van der Waals surface area contributed by atoms with Gasteiger partial charge in [-0.3, -0.25) is 14.4 Å². The van der Waals surface area contributed by atoms with Gasteiger partial charge in [0.25, 0.3) is 5.91 Å². The Balaban J connectivity index is 2.13. The lowest BCUT2D eigenvalue weighted by Gasteiger charge is -2.26. The zero-order chi connectivity index (χ0) is 15.6. The van der Waals surface area contributed by atoms with Gasteiger partial charge in [0.15, 0.2) is 0 Å². The molecular weight excluding hydrogens is 272 g/mol. The molecule has 1 aliphatic heterocycles. The average molecular weight is 290 g/mol. The minimum Gasteiger partial charge on any atom is -0.481 e. The second kappa shape index (κ2) is 5.95. The van der Waals surface area contributed by atoms with E-state index >= 15 is 0 Å². The van der Waals surface area contributed by atoms with Gasteiger partial charge in [-0.1, -0.05) is 0 Å². The lowest BCUT2D eigenvalue weighted by atomic mass is 9.99. The van der Waals surface area contributed by atoms with E-state index in [0.717, 1.165) is 11.3 Å². The van der Waals surface area contributed by atoms with Crippen LogP contribution in [0.2, 0.25) is 0 Å². The van der Waals surface area contributed by atoms with Crippen LogP contribution in [-0.2, 0) is 16.0 Å². The normalized spacial score (nSPS) is 15.3. The van der Waals surface area contributed by atoms with Crippen LogP contribution in [-0.4, -0.2) is 36.0 Å². The molecule has 1 aromatic carbocycles. The number of hydrogen-bond acceptors (Lipinski definition) is 3. The maximum absolute atomic E-state index is 12.1. The molecule has 2 amide bonds. The Labute approximate surface area is 122 Å². The Morgan fingerprint density at radius 2 is 2.10 bits per heavy atom. The maximum atomic E-state index is 12.1. The number of carboxylic acids is 1. The van der Waals surface area contributed by atoms with Crippen LogP contribution in [0.5, 0.6) is 0 Å². The van der Waals surface area contributed by atoms with Crippen molar-refractivity contribution in [3.8, 4) is 0 Å². The fourth-order valence-corrected chi connectivity index (χ4v) is 2.42. The number of amides is 2. The van der Waals surface area contributed by atoms with Gasteiger partial charge in [-0.15, -0.1) is 0 Å². The molecule has 112 valence electrons. The van der Waals surface area contributed by atoms with Gasteiger partial charge in [-0.25, -0.2) is 0 Å². The van der Waals surface area contributed by atoms with Gasteiger partial charge in [0.2, 0.25) is 5.91 Å². The molecule has 0 spiro atoms. The summed E-state index contributed by atoms with van der Waals surface area (Å²) in [5, 5.41) is 11.3. The Kier molecular flexibility index (Phi) is 4.26. The molecular formula is C15H18N2O4. The third kappa shape index (κ3) is 3.39. The fourth-order valence-electron chi connectivity index (χ4n) is 2.42. The molecule has 21 heavy (non-hydrogen) atoms. The first-order valence-corrected chi connectivity index (χ1v) is 6.80. The summed E-state index contributed by atoms with van der Waals surface area (Å²) in [6.45, 7) is 1.65. The van der Waals surface area contributed by atoms with Gasteiger partial charge in [0.1, 0.15) is 0 Å². The summed E-state index contributed by atoms with van der Waals surface area (Å²) in [7, 11) is 1.72. The second-order valence-electron chi connectivity index (χ2n) is 5.27. The fraction of sp³-hybridized carbons (Fsp3) is 0.400. The van der Waals surface area contributed by atoms with Crippen LogP contribution in [0.25, 0.3) is 0 Å². The molecule has 1 aromatic rings. The van der Waals surface area contributed by atoms with E-state index in [1.165, 1.54) is 0 Å². The Hall–Kier alpha value is -2.37. The van der Waals surface area contributed by atoms with Crippen molar-refractivity contribution in [3.63, 3.8) is 0 Å². The number of benzene rings is 1. The summed E-state index contributed by atoms with van der Waals surface area (Å²) in [6.07, 6.45) is 0.933. The minimum atomic E-state index is -0.951. The number of hydrogen-bond donors (Lipinski definition) is 2. The summed E-state index contributed by atoms with van der Waals surface area (Å²) in [5.74, 6) is -1.19. The van der Waals surface area contributed by atoms with Gasteiger partial charge in [0.05, 0.1) is 6.42 Å². The first-order chi connectivity index (χ1) is 9.88. The standard InChI is InChI=1S/C15H18N2O4/c1-9(7-14(19)20)16-15(21)11-3-5-12-10(8-11)4-6-13(18)17(12)2/h3,5,8-9H,4,6-7H2,1-2H3,(H,16,21)(H,19,20). The van der Waals surface area contributed by atoms with Crippen LogP contribution in [0.3, 0.4) is 0 Å². The van der Waals surface area contributed by atoms with Crippen LogP contribution in [0.1, 0.15) is 35.7 Å². The van der Waals surface area contributed by atoms with Crippen molar-refractivity contribution in [2.75, 3.05) is 11.9 Å². The molecule has 2 N–H and O–H groups in total. The van der Waals surface area contributed by atoms with E-state index in [1.807, 2.05) is 0 Å². The van der Waals surface area contributed by atoms with Crippen molar-refractivity contribution >= 4 is 23.5 Å². The summed E-state index contributed by atoms with van der Waals surface area (Å²) >= 11 is 0. The number of aryl methyl sites for hydroxylation is 1. The number of nitrogens with one attached hydrogen (secondary N) is 1. The Bertz CT molecular complexity index is 597. The molecule has 1 unspecified atom stereocenters. The number of rotatable bonds is 4. The lowest BCUT2D eigenvalue weighted by molar-refractivity contribution is -0.137. The molecule has 0 bridgehead atoms. The average Bonchev–Trinajstić information content (AvgIpc) is 2.41. The van der Waals surface area contributed by atoms with Crippen molar-refractivity contribution < 1.29 is 19.5 Å². The lowest BCUT2D eigenvalue weighted by Crippen LogP contribution is -2.35. The monoisotopic (exact) mass is 290 g/mol. The molecule has 1 atom stereocenters. The topological polar surface area (TPSA) is 86.7 Å². The summed E-state index contributed by atoms with van der Waals surface area (Å²) in [4.78, 5) is 35.9. The molecule has 6 heteroatoms. The van der Waals surface area contributed by atoms with Gasteiger partial charge in [-0.05, 0) is 37.1 Å².